The van der Waals surface area contributed by atoms with Crippen LogP contribution in [0, 0.1) is 5.92 Å². The lowest BCUT2D eigenvalue weighted by atomic mass is 10.0. The standard InChI is InChI=1S/C18H24N4O4/c1-12(2)16(18(25)26)19-15(23)10-4-3-7-11-22-17(24)13-8-5-6-9-14(13)20-21-22/h5-6,8-9,12,16H,3-4,7,10-11H2,1-2H3,(H,19,23)(H,25,26). The van der Waals surface area contributed by atoms with Crippen LogP contribution in [0.25, 0.3) is 10.9 Å². The molecule has 0 spiro atoms. The molecule has 0 bridgehead atoms. The number of fused-ring (bicyclic) bond motifs is 1. The van der Waals surface area contributed by atoms with Crippen molar-refractivity contribution < 1.29 is 14.7 Å². The first-order valence-corrected chi connectivity index (χ1v) is 8.75. The highest BCUT2D eigenvalue weighted by molar-refractivity contribution is 5.83. The van der Waals surface area contributed by atoms with Crippen LogP contribution in [0.1, 0.15) is 39.5 Å². The molecule has 2 rings (SSSR count). The van der Waals surface area contributed by atoms with E-state index >= 15 is 0 Å². The smallest absolute Gasteiger partial charge is 0.326 e. The second-order valence-corrected chi connectivity index (χ2v) is 6.57. The van der Waals surface area contributed by atoms with Gasteiger partial charge >= 0.3 is 5.97 Å². The summed E-state index contributed by atoms with van der Waals surface area (Å²) in [6.45, 7) is 3.94. The van der Waals surface area contributed by atoms with E-state index in [1.165, 1.54) is 4.68 Å². The fourth-order valence-electron chi connectivity index (χ4n) is 2.65. The molecular formula is C18H24N4O4. The van der Waals surface area contributed by atoms with Gasteiger partial charge in [0.1, 0.15) is 11.6 Å². The van der Waals surface area contributed by atoms with Crippen molar-refractivity contribution in [2.24, 2.45) is 5.92 Å². The number of aryl methyl sites for hydroxylation is 1. The summed E-state index contributed by atoms with van der Waals surface area (Å²) in [5, 5.41) is 20.1. The summed E-state index contributed by atoms with van der Waals surface area (Å²) in [7, 11) is 0. The van der Waals surface area contributed by atoms with Gasteiger partial charge in [-0.25, -0.2) is 9.48 Å². The molecule has 1 heterocycles. The molecule has 1 unspecified atom stereocenters. The molecule has 1 amide bonds. The summed E-state index contributed by atoms with van der Waals surface area (Å²) in [4.78, 5) is 35.2. The topological polar surface area (TPSA) is 114 Å². The largest absolute Gasteiger partial charge is 0.480 e. The minimum absolute atomic E-state index is 0.171. The maximum atomic E-state index is 12.3. The minimum atomic E-state index is -1.03. The average Bonchev–Trinajstić information content (AvgIpc) is 2.60. The van der Waals surface area contributed by atoms with Crippen molar-refractivity contribution in [1.82, 2.24) is 20.3 Å². The predicted molar refractivity (Wildman–Crippen MR) is 96.7 cm³/mol. The fraction of sp³-hybridized carbons (Fsp3) is 0.500. The lowest BCUT2D eigenvalue weighted by Gasteiger charge is -2.17. The predicted octanol–water partition coefficient (Wildman–Crippen LogP) is 1.58. The molecule has 0 aliphatic carbocycles. The van der Waals surface area contributed by atoms with Gasteiger partial charge in [0.25, 0.3) is 5.56 Å². The lowest BCUT2D eigenvalue weighted by Crippen LogP contribution is -2.44. The van der Waals surface area contributed by atoms with Gasteiger partial charge in [-0.15, -0.1) is 5.10 Å². The van der Waals surface area contributed by atoms with Crippen molar-refractivity contribution in [2.75, 3.05) is 0 Å². The number of hydrogen-bond acceptors (Lipinski definition) is 5. The number of aliphatic carboxylic acids is 1. The first-order chi connectivity index (χ1) is 12.4. The molecule has 1 aromatic heterocycles. The fourth-order valence-corrected chi connectivity index (χ4v) is 2.65. The van der Waals surface area contributed by atoms with Gasteiger partial charge in [-0.3, -0.25) is 9.59 Å². The van der Waals surface area contributed by atoms with Crippen molar-refractivity contribution in [3.05, 3.63) is 34.6 Å². The number of amides is 1. The summed E-state index contributed by atoms with van der Waals surface area (Å²) in [5.74, 6) is -1.47. The molecular weight excluding hydrogens is 336 g/mol. The molecule has 0 fully saturated rings. The summed E-state index contributed by atoms with van der Waals surface area (Å²) < 4.78 is 1.33. The van der Waals surface area contributed by atoms with E-state index in [1.54, 1.807) is 38.1 Å². The van der Waals surface area contributed by atoms with Crippen molar-refractivity contribution in [3.63, 3.8) is 0 Å². The Hall–Kier alpha value is -2.77. The van der Waals surface area contributed by atoms with E-state index in [1.807, 2.05) is 0 Å². The zero-order valence-corrected chi connectivity index (χ0v) is 15.0. The molecule has 1 atom stereocenters. The van der Waals surface area contributed by atoms with E-state index in [4.69, 9.17) is 5.11 Å². The van der Waals surface area contributed by atoms with E-state index in [0.717, 1.165) is 6.42 Å². The van der Waals surface area contributed by atoms with E-state index < -0.39 is 12.0 Å². The Labute approximate surface area is 151 Å². The van der Waals surface area contributed by atoms with Crippen LogP contribution in [0.3, 0.4) is 0 Å². The van der Waals surface area contributed by atoms with Crippen molar-refractivity contribution in [3.8, 4) is 0 Å². The second kappa shape index (κ2) is 9.07. The van der Waals surface area contributed by atoms with Gasteiger partial charge < -0.3 is 10.4 Å². The Morgan fingerprint density at radius 1 is 1.19 bits per heavy atom. The zero-order valence-electron chi connectivity index (χ0n) is 15.0. The van der Waals surface area contributed by atoms with Crippen molar-refractivity contribution >= 4 is 22.8 Å². The van der Waals surface area contributed by atoms with Crippen LogP contribution in [0.4, 0.5) is 0 Å². The number of hydrogen-bond donors (Lipinski definition) is 2. The second-order valence-electron chi connectivity index (χ2n) is 6.57. The van der Waals surface area contributed by atoms with Gasteiger partial charge in [0.05, 0.1) is 5.39 Å². The third kappa shape index (κ3) is 5.11. The molecule has 8 heteroatoms. The Balaban J connectivity index is 1.77. The van der Waals surface area contributed by atoms with Crippen LogP contribution in [0.5, 0.6) is 0 Å². The summed E-state index contributed by atoms with van der Waals surface area (Å²) in [6.07, 6.45) is 2.29. The molecule has 26 heavy (non-hydrogen) atoms. The number of nitrogens with zero attached hydrogens (tertiary/aromatic N) is 3. The normalized spacial score (nSPS) is 12.3. The highest BCUT2D eigenvalue weighted by Gasteiger charge is 2.22. The van der Waals surface area contributed by atoms with Crippen LogP contribution in [0.2, 0.25) is 0 Å². The number of aromatic nitrogens is 3. The molecule has 1 aromatic carbocycles. The molecule has 0 aliphatic rings. The Bertz CT molecular complexity index is 831. The van der Waals surface area contributed by atoms with Crippen LogP contribution in [-0.2, 0) is 16.1 Å². The van der Waals surface area contributed by atoms with E-state index in [9.17, 15) is 14.4 Å². The van der Waals surface area contributed by atoms with Crippen LogP contribution in [0.15, 0.2) is 29.1 Å². The lowest BCUT2D eigenvalue weighted by molar-refractivity contribution is -0.143. The number of rotatable bonds is 9. The number of carboxylic acids is 1. The van der Waals surface area contributed by atoms with Crippen LogP contribution in [-0.4, -0.2) is 38.0 Å². The third-order valence-corrected chi connectivity index (χ3v) is 4.15. The number of unbranched alkanes of at least 4 members (excludes halogenated alkanes) is 2. The quantitative estimate of drug-likeness (QED) is 0.656. The van der Waals surface area contributed by atoms with Gasteiger partial charge in [-0.1, -0.05) is 37.6 Å². The third-order valence-electron chi connectivity index (χ3n) is 4.15. The SMILES string of the molecule is CC(C)C(NC(=O)CCCCCn1nnc2ccccc2c1=O)C(=O)O. The maximum Gasteiger partial charge on any atom is 0.326 e. The minimum Gasteiger partial charge on any atom is -0.480 e. The number of carbonyl (C=O) groups excluding carboxylic acids is 1. The Morgan fingerprint density at radius 3 is 2.62 bits per heavy atom. The summed E-state index contributed by atoms with van der Waals surface area (Å²) >= 11 is 0. The molecule has 2 aromatic rings. The first kappa shape index (κ1) is 19.6. The summed E-state index contributed by atoms with van der Waals surface area (Å²) in [6, 6.07) is 6.19. The number of nitrogens with one attached hydrogen (secondary N) is 1. The molecule has 0 aliphatic heterocycles. The van der Waals surface area contributed by atoms with Crippen molar-refractivity contribution in [2.45, 2.75) is 52.1 Å². The first-order valence-electron chi connectivity index (χ1n) is 8.75. The van der Waals surface area contributed by atoms with E-state index in [2.05, 4.69) is 15.6 Å². The highest BCUT2D eigenvalue weighted by atomic mass is 16.4. The Kier molecular flexibility index (Phi) is 6.82. The average molecular weight is 360 g/mol. The maximum absolute atomic E-state index is 12.3. The van der Waals surface area contributed by atoms with Gasteiger partial charge in [0.15, 0.2) is 0 Å². The molecule has 8 nitrogen and oxygen atoms in total. The molecule has 0 saturated carbocycles. The number of benzene rings is 1. The molecule has 140 valence electrons. The van der Waals surface area contributed by atoms with E-state index in [-0.39, 0.29) is 23.8 Å². The molecule has 0 radical (unpaired) electrons. The molecule has 2 N–H and O–H groups in total. The van der Waals surface area contributed by atoms with Gasteiger partial charge in [-0.2, -0.15) is 0 Å². The van der Waals surface area contributed by atoms with Crippen molar-refractivity contribution in [1.29, 1.82) is 0 Å². The van der Waals surface area contributed by atoms with E-state index in [0.29, 0.717) is 30.3 Å². The highest BCUT2D eigenvalue weighted by Crippen LogP contribution is 2.06. The Morgan fingerprint density at radius 2 is 1.92 bits per heavy atom. The zero-order chi connectivity index (χ0) is 19.1. The molecule has 0 saturated heterocycles. The summed E-state index contributed by atoms with van der Waals surface area (Å²) in [5.41, 5.74) is 0.401. The number of carbonyl (C=O) groups is 2. The number of carboxylic acid groups (broad SMARTS) is 1. The van der Waals surface area contributed by atoms with Crippen LogP contribution < -0.4 is 10.9 Å². The van der Waals surface area contributed by atoms with Crippen LogP contribution >= 0.6 is 0 Å². The van der Waals surface area contributed by atoms with Gasteiger partial charge in [-0.05, 0) is 30.9 Å². The van der Waals surface area contributed by atoms with Gasteiger partial charge in [0, 0.05) is 13.0 Å². The monoisotopic (exact) mass is 360 g/mol. The van der Waals surface area contributed by atoms with Gasteiger partial charge in [0.2, 0.25) is 5.91 Å².